The smallest absolute Gasteiger partial charge is 0.0932 e. The Morgan fingerprint density at radius 3 is 2.32 bits per heavy atom. The largest absolute Gasteiger partial charge is 0.373 e. The summed E-state index contributed by atoms with van der Waals surface area (Å²) in [6.07, 6.45) is 0. The zero-order chi connectivity index (χ0) is 15.5. The van der Waals surface area contributed by atoms with Gasteiger partial charge in [-0.05, 0) is 42.1 Å². The van der Waals surface area contributed by atoms with Crippen LogP contribution in [0.15, 0.2) is 27.9 Å². The average Bonchev–Trinajstić information content (AvgIpc) is 3.19. The molecule has 0 fully saturated rings. The van der Waals surface area contributed by atoms with Crippen molar-refractivity contribution in [3.05, 3.63) is 34.3 Å². The van der Waals surface area contributed by atoms with Gasteiger partial charge in [0.15, 0.2) is 0 Å². The van der Waals surface area contributed by atoms with E-state index in [1.807, 2.05) is 41.2 Å². The predicted molar refractivity (Wildman–Crippen MR) is 103 cm³/mol. The molecule has 0 radical (unpaired) electrons. The number of rotatable bonds is 10. The molecule has 120 valence electrons. The van der Waals surface area contributed by atoms with Gasteiger partial charge in [-0.3, -0.25) is 4.99 Å². The fourth-order valence-corrected chi connectivity index (χ4v) is 4.35. The highest BCUT2D eigenvalue weighted by atomic mass is 32.2. The second kappa shape index (κ2) is 11.0. The first kappa shape index (κ1) is 17.8. The van der Waals surface area contributed by atoms with E-state index in [4.69, 9.17) is 0 Å². The lowest BCUT2D eigenvalue weighted by atomic mass is 10.5. The molecule has 0 aliphatic carbocycles. The summed E-state index contributed by atoms with van der Waals surface area (Å²) >= 11 is 6.81. The molecular weight excluding hydrogens is 352 g/mol. The standard InChI is InChI=1S/C14H20N4S4/c1-12(15-4-8-19-10-13-2-6-21-17-13)16-5-9-20-11-14-3-7-22-18-14/h2-3,6-7H,4-5,8-11H2,1H3,(H,15,16). The number of aliphatic imine (C=N–C) groups is 1. The molecular formula is C14H20N4S4. The van der Waals surface area contributed by atoms with Crippen LogP contribution in [0, 0.1) is 0 Å². The highest BCUT2D eigenvalue weighted by molar-refractivity contribution is 7.98. The predicted octanol–water partition coefficient (Wildman–Crippen LogP) is 3.77. The van der Waals surface area contributed by atoms with E-state index in [1.165, 1.54) is 34.5 Å². The molecule has 22 heavy (non-hydrogen) atoms. The molecule has 2 rings (SSSR count). The Kier molecular flexibility index (Phi) is 8.92. The van der Waals surface area contributed by atoms with Crippen LogP contribution in [-0.4, -0.2) is 39.2 Å². The summed E-state index contributed by atoms with van der Waals surface area (Å²) in [6, 6.07) is 4.16. The van der Waals surface area contributed by atoms with Crippen LogP contribution in [0.5, 0.6) is 0 Å². The lowest BCUT2D eigenvalue weighted by molar-refractivity contribution is 0.951. The van der Waals surface area contributed by atoms with Gasteiger partial charge in [-0.2, -0.15) is 32.3 Å². The molecule has 0 amide bonds. The summed E-state index contributed by atoms with van der Waals surface area (Å²) < 4.78 is 8.59. The Morgan fingerprint density at radius 1 is 1.09 bits per heavy atom. The number of thioether (sulfide) groups is 2. The first-order chi connectivity index (χ1) is 10.8. The average molecular weight is 373 g/mol. The van der Waals surface area contributed by atoms with Gasteiger partial charge in [0.05, 0.1) is 17.2 Å². The van der Waals surface area contributed by atoms with Gasteiger partial charge in [0.25, 0.3) is 0 Å². The molecule has 0 spiro atoms. The third kappa shape index (κ3) is 7.62. The Hall–Kier alpha value is -0.570. The van der Waals surface area contributed by atoms with Gasteiger partial charge in [-0.1, -0.05) is 0 Å². The van der Waals surface area contributed by atoms with Crippen LogP contribution in [-0.2, 0) is 11.5 Å². The van der Waals surface area contributed by atoms with Crippen molar-refractivity contribution >= 4 is 52.4 Å². The molecule has 0 aliphatic rings. The number of nitrogens with one attached hydrogen (secondary N) is 1. The van der Waals surface area contributed by atoms with E-state index in [2.05, 4.69) is 31.2 Å². The fourth-order valence-electron chi connectivity index (χ4n) is 1.62. The number of amidine groups is 1. The van der Waals surface area contributed by atoms with Crippen LogP contribution in [0.4, 0.5) is 0 Å². The summed E-state index contributed by atoms with van der Waals surface area (Å²) in [6.45, 7) is 3.85. The maximum absolute atomic E-state index is 4.54. The van der Waals surface area contributed by atoms with Gasteiger partial charge < -0.3 is 5.32 Å². The first-order valence-corrected chi connectivity index (χ1v) is 11.0. The second-order valence-corrected chi connectivity index (χ2v) is 8.02. The topological polar surface area (TPSA) is 50.2 Å². The summed E-state index contributed by atoms with van der Waals surface area (Å²) in [5.41, 5.74) is 2.35. The Labute approximate surface area is 148 Å². The molecule has 8 heteroatoms. The molecule has 0 aromatic carbocycles. The van der Waals surface area contributed by atoms with E-state index >= 15 is 0 Å². The van der Waals surface area contributed by atoms with Crippen LogP contribution in [0.1, 0.15) is 18.3 Å². The van der Waals surface area contributed by atoms with Crippen molar-refractivity contribution in [2.45, 2.75) is 18.4 Å². The van der Waals surface area contributed by atoms with Crippen LogP contribution < -0.4 is 5.32 Å². The number of aromatic nitrogens is 2. The van der Waals surface area contributed by atoms with E-state index in [0.29, 0.717) is 0 Å². The maximum Gasteiger partial charge on any atom is 0.0932 e. The first-order valence-electron chi connectivity index (χ1n) is 7.03. The minimum atomic E-state index is 0.861. The van der Waals surface area contributed by atoms with Crippen molar-refractivity contribution in [1.82, 2.24) is 14.1 Å². The molecule has 2 aromatic heterocycles. The van der Waals surface area contributed by atoms with E-state index < -0.39 is 0 Å². The molecule has 0 atom stereocenters. The van der Waals surface area contributed by atoms with E-state index in [1.54, 1.807) is 0 Å². The van der Waals surface area contributed by atoms with Gasteiger partial charge in [-0.25, -0.2) is 0 Å². The number of hydrogen-bond acceptors (Lipinski definition) is 7. The van der Waals surface area contributed by atoms with Crippen LogP contribution in [0.3, 0.4) is 0 Å². The molecule has 0 saturated heterocycles. The summed E-state index contributed by atoms with van der Waals surface area (Å²) in [5, 5.41) is 7.41. The van der Waals surface area contributed by atoms with Crippen LogP contribution in [0.2, 0.25) is 0 Å². The Balaban J connectivity index is 1.45. The van der Waals surface area contributed by atoms with Crippen molar-refractivity contribution in [3.8, 4) is 0 Å². The molecule has 1 N–H and O–H groups in total. The monoisotopic (exact) mass is 372 g/mol. The number of hydrogen-bond donors (Lipinski definition) is 1. The maximum atomic E-state index is 4.54. The zero-order valence-corrected chi connectivity index (χ0v) is 15.8. The van der Waals surface area contributed by atoms with E-state index in [0.717, 1.165) is 41.9 Å². The van der Waals surface area contributed by atoms with Crippen molar-refractivity contribution in [1.29, 1.82) is 0 Å². The van der Waals surface area contributed by atoms with E-state index in [-0.39, 0.29) is 0 Å². The third-order valence-electron chi connectivity index (χ3n) is 2.69. The summed E-state index contributed by atoms with van der Waals surface area (Å²) in [5.74, 6) is 5.12. The van der Waals surface area contributed by atoms with Gasteiger partial charge >= 0.3 is 0 Å². The molecule has 2 aromatic rings. The van der Waals surface area contributed by atoms with Crippen molar-refractivity contribution < 1.29 is 0 Å². The SMILES string of the molecule is CC(=NCCSCc1ccsn1)NCCSCc1ccsn1. The van der Waals surface area contributed by atoms with Gasteiger partial charge in [0.2, 0.25) is 0 Å². The third-order valence-corrected chi connectivity index (χ3v) is 5.85. The quantitative estimate of drug-likeness (QED) is 0.391. The van der Waals surface area contributed by atoms with Crippen molar-refractivity contribution in [2.24, 2.45) is 4.99 Å². The second-order valence-electron chi connectivity index (χ2n) is 4.48. The summed E-state index contributed by atoms with van der Waals surface area (Å²) in [4.78, 5) is 4.54. The molecule has 0 saturated carbocycles. The van der Waals surface area contributed by atoms with Crippen LogP contribution in [0.25, 0.3) is 0 Å². The van der Waals surface area contributed by atoms with Crippen molar-refractivity contribution in [3.63, 3.8) is 0 Å². The molecule has 0 aliphatic heterocycles. The lowest BCUT2D eigenvalue weighted by Gasteiger charge is -2.05. The highest BCUT2D eigenvalue weighted by Gasteiger charge is 1.97. The van der Waals surface area contributed by atoms with Crippen LogP contribution >= 0.6 is 46.6 Å². The normalized spacial score (nSPS) is 11.8. The number of nitrogens with zero attached hydrogens (tertiary/aromatic N) is 3. The molecule has 0 unspecified atom stereocenters. The minimum absolute atomic E-state index is 0.861. The van der Waals surface area contributed by atoms with Crippen molar-refractivity contribution in [2.75, 3.05) is 24.6 Å². The fraction of sp³-hybridized carbons (Fsp3) is 0.500. The molecule has 2 heterocycles. The highest BCUT2D eigenvalue weighted by Crippen LogP contribution is 2.11. The van der Waals surface area contributed by atoms with Gasteiger partial charge in [0.1, 0.15) is 0 Å². The Bertz CT molecular complexity index is 525. The van der Waals surface area contributed by atoms with E-state index in [9.17, 15) is 0 Å². The Morgan fingerprint density at radius 2 is 1.73 bits per heavy atom. The lowest BCUT2D eigenvalue weighted by Crippen LogP contribution is -2.23. The van der Waals surface area contributed by atoms with Gasteiger partial charge in [-0.15, -0.1) is 0 Å². The molecule has 4 nitrogen and oxygen atoms in total. The van der Waals surface area contributed by atoms with Gasteiger partial charge in [0, 0.05) is 46.9 Å². The minimum Gasteiger partial charge on any atom is -0.373 e. The molecule has 0 bridgehead atoms. The summed E-state index contributed by atoms with van der Waals surface area (Å²) in [7, 11) is 0. The zero-order valence-electron chi connectivity index (χ0n) is 12.5.